The lowest BCUT2D eigenvalue weighted by Crippen LogP contribution is -2.36. The SMILES string of the molecule is CN=C(NCc1ccccc1F)NCc1cn(C)nc1C(F)(F)F. The molecule has 1 aromatic carbocycles. The first kappa shape index (κ1) is 17.8. The standard InChI is InChI=1S/C15H17F4N5/c1-20-14(21-7-10-5-3-4-6-12(10)16)22-8-11-9-24(2)23-13(11)15(17,18)19/h3-6,9H,7-8H2,1-2H3,(H2,20,21,22). The number of aryl methyl sites for hydroxylation is 1. The predicted molar refractivity (Wildman–Crippen MR) is 81.6 cm³/mol. The van der Waals surface area contributed by atoms with Crippen LogP contribution in [0.15, 0.2) is 35.5 Å². The van der Waals surface area contributed by atoms with Gasteiger partial charge in [-0.2, -0.15) is 18.3 Å². The second-order valence-corrected chi connectivity index (χ2v) is 5.05. The van der Waals surface area contributed by atoms with Crippen LogP contribution in [0.5, 0.6) is 0 Å². The third-order valence-corrected chi connectivity index (χ3v) is 3.25. The fourth-order valence-corrected chi connectivity index (χ4v) is 2.13. The zero-order chi connectivity index (χ0) is 17.7. The molecular weight excluding hydrogens is 326 g/mol. The van der Waals surface area contributed by atoms with Gasteiger partial charge < -0.3 is 10.6 Å². The van der Waals surface area contributed by atoms with E-state index in [1.807, 2.05) is 0 Å². The van der Waals surface area contributed by atoms with Crippen molar-refractivity contribution in [3.63, 3.8) is 0 Å². The van der Waals surface area contributed by atoms with Gasteiger partial charge in [-0.15, -0.1) is 0 Å². The Morgan fingerprint density at radius 1 is 1.17 bits per heavy atom. The van der Waals surface area contributed by atoms with Crippen molar-refractivity contribution in [3.05, 3.63) is 53.1 Å². The van der Waals surface area contributed by atoms with Crippen LogP contribution in [-0.2, 0) is 26.3 Å². The quantitative estimate of drug-likeness (QED) is 0.509. The molecule has 1 heterocycles. The number of benzene rings is 1. The summed E-state index contributed by atoms with van der Waals surface area (Å²) in [5.74, 6) is -0.109. The minimum atomic E-state index is -4.53. The van der Waals surface area contributed by atoms with Gasteiger partial charge in [-0.3, -0.25) is 9.67 Å². The topological polar surface area (TPSA) is 54.2 Å². The molecule has 1 aromatic heterocycles. The molecule has 0 aliphatic heterocycles. The third-order valence-electron chi connectivity index (χ3n) is 3.25. The molecule has 0 saturated carbocycles. The Balaban J connectivity index is 1.99. The van der Waals surface area contributed by atoms with E-state index in [2.05, 4.69) is 20.7 Å². The second-order valence-electron chi connectivity index (χ2n) is 5.05. The summed E-state index contributed by atoms with van der Waals surface area (Å²) in [6, 6.07) is 6.21. The van der Waals surface area contributed by atoms with Gasteiger partial charge in [0.25, 0.3) is 0 Å². The number of aromatic nitrogens is 2. The average molecular weight is 343 g/mol. The number of hydrogen-bond donors (Lipinski definition) is 2. The van der Waals surface area contributed by atoms with Crippen LogP contribution in [-0.4, -0.2) is 22.8 Å². The second kappa shape index (κ2) is 7.33. The van der Waals surface area contributed by atoms with Gasteiger partial charge >= 0.3 is 6.18 Å². The van der Waals surface area contributed by atoms with E-state index in [4.69, 9.17) is 0 Å². The van der Waals surface area contributed by atoms with Crippen molar-refractivity contribution in [1.29, 1.82) is 0 Å². The number of guanidine groups is 1. The van der Waals surface area contributed by atoms with E-state index in [0.717, 1.165) is 4.68 Å². The summed E-state index contributed by atoms with van der Waals surface area (Å²) >= 11 is 0. The number of halogens is 4. The Bertz CT molecular complexity index is 721. The molecule has 2 N–H and O–H groups in total. The molecule has 0 unspecified atom stereocenters. The highest BCUT2D eigenvalue weighted by Crippen LogP contribution is 2.30. The molecule has 0 amide bonds. The molecule has 0 radical (unpaired) electrons. The normalized spacial score (nSPS) is 12.3. The maximum atomic E-state index is 13.5. The first-order valence-electron chi connectivity index (χ1n) is 7.09. The van der Waals surface area contributed by atoms with E-state index in [9.17, 15) is 17.6 Å². The van der Waals surface area contributed by atoms with Gasteiger partial charge in [-0.05, 0) is 6.07 Å². The predicted octanol–water partition coefficient (Wildman–Crippen LogP) is 2.44. The average Bonchev–Trinajstić information content (AvgIpc) is 2.90. The molecule has 0 atom stereocenters. The number of aliphatic imine (C=N–C) groups is 1. The smallest absolute Gasteiger partial charge is 0.352 e. The molecule has 130 valence electrons. The number of nitrogens with one attached hydrogen (secondary N) is 2. The number of nitrogens with zero attached hydrogens (tertiary/aromatic N) is 3. The van der Waals surface area contributed by atoms with Crippen molar-refractivity contribution in [2.45, 2.75) is 19.3 Å². The van der Waals surface area contributed by atoms with Gasteiger partial charge in [0.15, 0.2) is 11.7 Å². The first-order chi connectivity index (χ1) is 11.3. The van der Waals surface area contributed by atoms with Crippen LogP contribution in [0, 0.1) is 5.82 Å². The van der Waals surface area contributed by atoms with Gasteiger partial charge in [-0.1, -0.05) is 18.2 Å². The highest BCUT2D eigenvalue weighted by molar-refractivity contribution is 5.79. The number of alkyl halides is 3. The summed E-state index contributed by atoms with van der Waals surface area (Å²) in [5.41, 5.74) is -0.515. The van der Waals surface area contributed by atoms with E-state index in [-0.39, 0.29) is 30.4 Å². The van der Waals surface area contributed by atoms with E-state index in [1.54, 1.807) is 18.2 Å². The lowest BCUT2D eigenvalue weighted by Gasteiger charge is -2.13. The molecular formula is C15H17F4N5. The molecule has 0 spiro atoms. The van der Waals surface area contributed by atoms with Crippen LogP contribution in [0.1, 0.15) is 16.8 Å². The van der Waals surface area contributed by atoms with Crippen molar-refractivity contribution < 1.29 is 17.6 Å². The Morgan fingerprint density at radius 2 is 1.79 bits per heavy atom. The Kier molecular flexibility index (Phi) is 5.42. The monoisotopic (exact) mass is 343 g/mol. The maximum absolute atomic E-state index is 13.5. The minimum absolute atomic E-state index is 0.00107. The fraction of sp³-hybridized carbons (Fsp3) is 0.333. The largest absolute Gasteiger partial charge is 0.435 e. The van der Waals surface area contributed by atoms with Crippen LogP contribution in [0.25, 0.3) is 0 Å². The molecule has 9 heteroatoms. The van der Waals surface area contributed by atoms with Crippen LogP contribution in [0.2, 0.25) is 0 Å². The Morgan fingerprint density at radius 3 is 2.38 bits per heavy atom. The van der Waals surface area contributed by atoms with Gasteiger partial charge in [0.1, 0.15) is 5.82 Å². The van der Waals surface area contributed by atoms with Crippen LogP contribution < -0.4 is 10.6 Å². The maximum Gasteiger partial charge on any atom is 0.435 e. The van der Waals surface area contributed by atoms with E-state index in [1.165, 1.54) is 26.4 Å². The van der Waals surface area contributed by atoms with Crippen molar-refractivity contribution in [1.82, 2.24) is 20.4 Å². The number of rotatable bonds is 4. The summed E-state index contributed by atoms with van der Waals surface area (Å²) < 4.78 is 53.3. The zero-order valence-electron chi connectivity index (χ0n) is 13.2. The molecule has 24 heavy (non-hydrogen) atoms. The van der Waals surface area contributed by atoms with Gasteiger partial charge in [-0.25, -0.2) is 4.39 Å². The molecule has 2 rings (SSSR count). The molecule has 2 aromatic rings. The minimum Gasteiger partial charge on any atom is -0.352 e. The van der Waals surface area contributed by atoms with E-state index in [0.29, 0.717) is 5.56 Å². The highest BCUT2D eigenvalue weighted by atomic mass is 19.4. The van der Waals surface area contributed by atoms with Crippen LogP contribution >= 0.6 is 0 Å². The molecule has 0 fully saturated rings. The van der Waals surface area contributed by atoms with E-state index < -0.39 is 11.9 Å². The van der Waals surface area contributed by atoms with Gasteiger partial charge in [0.05, 0.1) is 0 Å². The Labute approximate surface area is 136 Å². The molecule has 5 nitrogen and oxygen atoms in total. The summed E-state index contributed by atoms with van der Waals surface area (Å²) in [6.45, 7) is 0.0468. The van der Waals surface area contributed by atoms with Crippen molar-refractivity contribution in [2.75, 3.05) is 7.05 Å². The fourth-order valence-electron chi connectivity index (χ4n) is 2.13. The summed E-state index contributed by atoms with van der Waals surface area (Å²) in [6.07, 6.45) is -3.23. The van der Waals surface area contributed by atoms with Gasteiger partial charge in [0, 0.05) is 44.5 Å². The highest BCUT2D eigenvalue weighted by Gasteiger charge is 2.36. The van der Waals surface area contributed by atoms with Crippen molar-refractivity contribution in [2.24, 2.45) is 12.0 Å². The summed E-state index contributed by atoms with van der Waals surface area (Å²) in [7, 11) is 2.90. The molecule has 0 bridgehead atoms. The lowest BCUT2D eigenvalue weighted by molar-refractivity contribution is -0.142. The zero-order valence-corrected chi connectivity index (χ0v) is 13.2. The molecule has 0 aliphatic carbocycles. The van der Waals surface area contributed by atoms with Crippen LogP contribution in [0.4, 0.5) is 17.6 Å². The van der Waals surface area contributed by atoms with Crippen LogP contribution in [0.3, 0.4) is 0 Å². The lowest BCUT2D eigenvalue weighted by atomic mass is 10.2. The Hall–Kier alpha value is -2.58. The number of hydrogen-bond acceptors (Lipinski definition) is 2. The third kappa shape index (κ3) is 4.46. The van der Waals surface area contributed by atoms with Crippen molar-refractivity contribution >= 4 is 5.96 Å². The summed E-state index contributed by atoms with van der Waals surface area (Å²) in [5, 5.41) is 9.05. The van der Waals surface area contributed by atoms with Crippen molar-refractivity contribution in [3.8, 4) is 0 Å². The molecule has 0 aliphatic rings. The first-order valence-corrected chi connectivity index (χ1v) is 7.09. The van der Waals surface area contributed by atoms with E-state index >= 15 is 0 Å². The summed E-state index contributed by atoms with van der Waals surface area (Å²) in [4.78, 5) is 3.91. The van der Waals surface area contributed by atoms with Gasteiger partial charge in [0.2, 0.25) is 0 Å². The molecule has 0 saturated heterocycles.